The molecule has 0 amide bonds. The number of fused-ring (bicyclic) bond motifs is 3. The zero-order valence-electron chi connectivity index (χ0n) is 23.3. The van der Waals surface area contributed by atoms with Crippen LogP contribution >= 0.6 is 23.2 Å². The molecule has 0 N–H and O–H groups in total. The van der Waals surface area contributed by atoms with Crippen molar-refractivity contribution in [3.63, 3.8) is 0 Å². The van der Waals surface area contributed by atoms with Gasteiger partial charge < -0.3 is 18.9 Å². The first kappa shape index (κ1) is 28.4. The fraction of sp³-hybridized carbons (Fsp3) is 0.406. The Morgan fingerprint density at radius 3 is 2.40 bits per heavy atom. The standard InChI is InChI=1S/C32H36Cl2N2O4/c1-4-5-6-7-8-9-16-39-24-13-10-21(11-14-24)32-36-28(25-18-23(33)19-26(34)31(25)40-32)20-27(35-36)22-12-15-29(37-2)30(17-22)38-3/h10-15,17-19,28,32H,4-9,16,20H2,1-3H3/t28-,32+/m0/s1. The molecule has 0 aromatic heterocycles. The molecular weight excluding hydrogens is 547 g/mol. The highest BCUT2D eigenvalue weighted by molar-refractivity contribution is 6.35. The van der Waals surface area contributed by atoms with E-state index in [2.05, 4.69) is 6.92 Å². The van der Waals surface area contributed by atoms with Crippen molar-refractivity contribution in [2.45, 2.75) is 64.1 Å². The van der Waals surface area contributed by atoms with Gasteiger partial charge in [0.25, 0.3) is 0 Å². The minimum Gasteiger partial charge on any atom is -0.494 e. The Morgan fingerprint density at radius 2 is 1.65 bits per heavy atom. The summed E-state index contributed by atoms with van der Waals surface area (Å²) in [7, 11) is 3.26. The Labute approximate surface area is 246 Å². The van der Waals surface area contributed by atoms with Gasteiger partial charge in [-0.3, -0.25) is 0 Å². The highest BCUT2D eigenvalue weighted by Gasteiger charge is 2.42. The molecule has 3 aromatic carbocycles. The first-order valence-corrected chi connectivity index (χ1v) is 14.7. The van der Waals surface area contributed by atoms with Crippen LogP contribution < -0.4 is 18.9 Å². The summed E-state index contributed by atoms with van der Waals surface area (Å²) in [5, 5.41) is 8.12. The average molecular weight is 584 g/mol. The third-order valence-electron chi connectivity index (χ3n) is 7.46. The van der Waals surface area contributed by atoms with Gasteiger partial charge in [0.15, 0.2) is 11.5 Å². The maximum Gasteiger partial charge on any atom is 0.213 e. The first-order chi connectivity index (χ1) is 19.5. The van der Waals surface area contributed by atoms with Gasteiger partial charge in [-0.05, 0) is 61.0 Å². The van der Waals surface area contributed by atoms with Crippen LogP contribution in [0.5, 0.6) is 23.0 Å². The molecule has 8 heteroatoms. The summed E-state index contributed by atoms with van der Waals surface area (Å²) in [4.78, 5) is 0. The van der Waals surface area contributed by atoms with Crippen molar-refractivity contribution in [1.29, 1.82) is 0 Å². The van der Waals surface area contributed by atoms with E-state index in [-0.39, 0.29) is 6.04 Å². The molecule has 0 saturated heterocycles. The zero-order valence-corrected chi connectivity index (χ0v) is 24.8. The molecule has 6 nitrogen and oxygen atoms in total. The first-order valence-electron chi connectivity index (χ1n) is 14.0. The number of unbranched alkanes of at least 4 members (excludes halogenated alkanes) is 5. The minimum absolute atomic E-state index is 0.0864. The second kappa shape index (κ2) is 13.0. The molecule has 0 bridgehead atoms. The topological polar surface area (TPSA) is 52.5 Å². The Balaban J connectivity index is 1.38. The molecule has 40 heavy (non-hydrogen) atoms. The van der Waals surface area contributed by atoms with E-state index in [9.17, 15) is 0 Å². The molecule has 2 aliphatic rings. The van der Waals surface area contributed by atoms with Crippen LogP contribution in [-0.4, -0.2) is 31.5 Å². The van der Waals surface area contributed by atoms with Crippen molar-refractivity contribution >= 4 is 28.9 Å². The van der Waals surface area contributed by atoms with Crippen molar-refractivity contribution in [3.8, 4) is 23.0 Å². The van der Waals surface area contributed by atoms with E-state index in [0.29, 0.717) is 33.7 Å². The van der Waals surface area contributed by atoms with Crippen molar-refractivity contribution in [1.82, 2.24) is 5.01 Å². The van der Waals surface area contributed by atoms with Crippen LogP contribution in [0.4, 0.5) is 0 Å². The summed E-state index contributed by atoms with van der Waals surface area (Å²) in [5.74, 6) is 2.82. The Bertz CT molecular complexity index is 1350. The lowest BCUT2D eigenvalue weighted by Crippen LogP contribution is -2.33. The molecule has 2 heterocycles. The van der Waals surface area contributed by atoms with Crippen molar-refractivity contribution in [2.75, 3.05) is 20.8 Å². The molecule has 0 fully saturated rings. The number of hydrogen-bond donors (Lipinski definition) is 0. The van der Waals surface area contributed by atoms with Crippen LogP contribution in [0.3, 0.4) is 0 Å². The van der Waals surface area contributed by atoms with Crippen molar-refractivity contribution < 1.29 is 18.9 Å². The lowest BCUT2D eigenvalue weighted by atomic mass is 9.95. The van der Waals surface area contributed by atoms with Gasteiger partial charge in [-0.2, -0.15) is 5.10 Å². The normalized spacial score (nSPS) is 17.5. The van der Waals surface area contributed by atoms with E-state index in [1.807, 2.05) is 53.5 Å². The highest BCUT2D eigenvalue weighted by Crippen LogP contribution is 2.51. The summed E-state index contributed by atoms with van der Waals surface area (Å²) >= 11 is 13.1. The van der Waals surface area contributed by atoms with Crippen LogP contribution in [-0.2, 0) is 0 Å². The Hall–Kier alpha value is -3.09. The predicted molar refractivity (Wildman–Crippen MR) is 160 cm³/mol. The van der Waals surface area contributed by atoms with Crippen LogP contribution in [0, 0.1) is 0 Å². The van der Waals surface area contributed by atoms with Gasteiger partial charge in [-0.1, -0.05) is 62.2 Å². The van der Waals surface area contributed by atoms with Gasteiger partial charge in [0.05, 0.1) is 37.6 Å². The summed E-state index contributed by atoms with van der Waals surface area (Å²) < 4.78 is 23.5. The van der Waals surface area contributed by atoms with Crippen molar-refractivity contribution in [2.24, 2.45) is 5.10 Å². The number of benzene rings is 3. The fourth-order valence-corrected chi connectivity index (χ4v) is 5.88. The van der Waals surface area contributed by atoms with E-state index < -0.39 is 6.23 Å². The van der Waals surface area contributed by atoms with Gasteiger partial charge >= 0.3 is 0 Å². The second-order valence-corrected chi connectivity index (χ2v) is 11.0. The second-order valence-electron chi connectivity index (χ2n) is 10.2. The third-order valence-corrected chi connectivity index (χ3v) is 7.96. The molecule has 0 spiro atoms. The number of methoxy groups -OCH3 is 2. The lowest BCUT2D eigenvalue weighted by Gasteiger charge is -2.38. The third kappa shape index (κ3) is 6.13. The van der Waals surface area contributed by atoms with E-state index in [1.165, 1.54) is 32.1 Å². The lowest BCUT2D eigenvalue weighted by molar-refractivity contribution is -0.0189. The van der Waals surface area contributed by atoms with Crippen molar-refractivity contribution in [3.05, 3.63) is 81.3 Å². The number of nitrogens with zero attached hydrogens (tertiary/aromatic N) is 2. The predicted octanol–water partition coefficient (Wildman–Crippen LogP) is 8.99. The molecule has 5 rings (SSSR count). The Kier molecular flexibility index (Phi) is 9.28. The molecule has 212 valence electrons. The van der Waals surface area contributed by atoms with Crippen LogP contribution in [0.1, 0.15) is 80.8 Å². The van der Waals surface area contributed by atoms with Gasteiger partial charge in [-0.15, -0.1) is 0 Å². The summed E-state index contributed by atoms with van der Waals surface area (Å²) in [6.07, 6.45) is 7.63. The monoisotopic (exact) mass is 582 g/mol. The SMILES string of the molecule is CCCCCCCCOc1ccc([C@H]2Oc3c(Cl)cc(Cl)cc3[C@@H]3CC(c4ccc(OC)c(OC)c4)=NN23)cc1. The van der Waals surface area contributed by atoms with E-state index in [0.717, 1.165) is 41.2 Å². The minimum atomic E-state index is -0.457. The maximum absolute atomic E-state index is 6.64. The fourth-order valence-electron chi connectivity index (χ4n) is 5.33. The zero-order chi connectivity index (χ0) is 28.1. The average Bonchev–Trinajstić information content (AvgIpc) is 3.42. The number of rotatable bonds is 12. The van der Waals surface area contributed by atoms with Crippen LogP contribution in [0.15, 0.2) is 59.7 Å². The van der Waals surface area contributed by atoms with Gasteiger partial charge in [0.2, 0.25) is 6.23 Å². The van der Waals surface area contributed by atoms with Crippen LogP contribution in [0.25, 0.3) is 0 Å². The summed E-state index contributed by atoms with van der Waals surface area (Å²) in [5.41, 5.74) is 3.76. The van der Waals surface area contributed by atoms with Gasteiger partial charge in [-0.25, -0.2) is 5.01 Å². The van der Waals surface area contributed by atoms with Crippen LogP contribution in [0.2, 0.25) is 10.0 Å². The van der Waals surface area contributed by atoms with Gasteiger partial charge in [0, 0.05) is 28.1 Å². The number of hydrazone groups is 1. The van der Waals surface area contributed by atoms with E-state index in [4.69, 9.17) is 47.3 Å². The molecular formula is C32H36Cl2N2O4. The molecule has 3 aromatic rings. The number of ether oxygens (including phenoxy) is 4. The maximum atomic E-state index is 6.64. The molecule has 0 radical (unpaired) electrons. The summed E-state index contributed by atoms with van der Waals surface area (Å²) in [6.45, 7) is 2.96. The summed E-state index contributed by atoms with van der Waals surface area (Å²) in [6, 6.07) is 17.5. The van der Waals surface area contributed by atoms with E-state index >= 15 is 0 Å². The number of hydrogen-bond acceptors (Lipinski definition) is 6. The quantitative estimate of drug-likeness (QED) is 0.199. The molecule has 2 aliphatic heterocycles. The molecule has 0 unspecified atom stereocenters. The molecule has 0 aliphatic carbocycles. The highest BCUT2D eigenvalue weighted by atomic mass is 35.5. The van der Waals surface area contributed by atoms with Gasteiger partial charge in [0.1, 0.15) is 11.5 Å². The Morgan fingerprint density at radius 1 is 0.900 bits per heavy atom. The molecule has 0 saturated carbocycles. The largest absolute Gasteiger partial charge is 0.494 e. The number of halogens is 2. The molecule has 2 atom stereocenters. The smallest absolute Gasteiger partial charge is 0.213 e. The van der Waals surface area contributed by atoms with E-state index in [1.54, 1.807) is 20.3 Å².